The molecule has 0 atom stereocenters. The van der Waals surface area contributed by atoms with Gasteiger partial charge in [0.2, 0.25) is 5.91 Å². The van der Waals surface area contributed by atoms with Crippen LogP contribution in [-0.2, 0) is 24.2 Å². The average Bonchev–Trinajstić information content (AvgIpc) is 2.67. The molecule has 2 amide bonds. The Morgan fingerprint density at radius 2 is 2.00 bits per heavy atom. The third kappa shape index (κ3) is 2.86. The maximum absolute atomic E-state index is 14.7. The maximum atomic E-state index is 14.7. The van der Waals surface area contributed by atoms with Gasteiger partial charge >= 0.3 is 0 Å². The molecule has 2 aliphatic rings. The van der Waals surface area contributed by atoms with E-state index in [0.29, 0.717) is 36.9 Å². The topological polar surface area (TPSA) is 61.4 Å². The van der Waals surface area contributed by atoms with Gasteiger partial charge in [-0.2, -0.15) is 0 Å². The predicted molar refractivity (Wildman–Crippen MR) is 97.9 cm³/mol. The molecule has 4 rings (SSSR count). The van der Waals surface area contributed by atoms with E-state index in [-0.39, 0.29) is 23.3 Å². The van der Waals surface area contributed by atoms with Crippen LogP contribution in [0.3, 0.4) is 0 Å². The number of benzene rings is 2. The van der Waals surface area contributed by atoms with Crippen molar-refractivity contribution in [2.75, 3.05) is 23.8 Å². The number of carbonyl (C=O) groups is 2. The Morgan fingerprint density at radius 3 is 2.85 bits per heavy atom. The van der Waals surface area contributed by atoms with Crippen molar-refractivity contribution in [2.24, 2.45) is 0 Å². The smallest absolute Gasteiger partial charge is 0.255 e. The van der Waals surface area contributed by atoms with Gasteiger partial charge < -0.3 is 15.5 Å². The quantitative estimate of drug-likeness (QED) is 0.873. The van der Waals surface area contributed by atoms with Crippen LogP contribution in [-0.4, -0.2) is 25.4 Å². The summed E-state index contributed by atoms with van der Waals surface area (Å²) in [5, 5.41) is 5.90. The summed E-state index contributed by atoms with van der Waals surface area (Å²) >= 11 is 0. The monoisotopic (exact) mass is 353 g/mol. The van der Waals surface area contributed by atoms with Crippen LogP contribution in [0.1, 0.15) is 33.5 Å². The molecule has 0 aromatic heterocycles. The SMILES string of the molecule is CN1C(=O)CCc2cc(C(=O)Nc3ccc4c(c3F)CCNC4)ccc21. The highest BCUT2D eigenvalue weighted by atomic mass is 19.1. The number of nitrogens with one attached hydrogen (secondary N) is 2. The number of anilines is 2. The van der Waals surface area contributed by atoms with Crippen molar-refractivity contribution >= 4 is 23.2 Å². The van der Waals surface area contributed by atoms with Crippen molar-refractivity contribution in [1.29, 1.82) is 0 Å². The highest BCUT2D eigenvalue weighted by Crippen LogP contribution is 2.29. The van der Waals surface area contributed by atoms with Crippen molar-refractivity contribution in [2.45, 2.75) is 25.8 Å². The molecule has 0 radical (unpaired) electrons. The summed E-state index contributed by atoms with van der Waals surface area (Å²) in [6.07, 6.45) is 1.66. The van der Waals surface area contributed by atoms with E-state index in [9.17, 15) is 14.0 Å². The average molecular weight is 353 g/mol. The van der Waals surface area contributed by atoms with Crippen molar-refractivity contribution in [1.82, 2.24) is 5.32 Å². The standard InChI is InChI=1S/C20H20FN3O2/c1-24-17-6-3-13(10-12(17)4-7-18(24)25)20(26)23-16-5-2-14-11-22-9-8-15(14)19(16)21/h2-3,5-6,10,22H,4,7-9,11H2,1H3,(H,23,26). The van der Waals surface area contributed by atoms with E-state index in [0.717, 1.165) is 23.4 Å². The molecule has 0 saturated heterocycles. The molecule has 0 aliphatic carbocycles. The summed E-state index contributed by atoms with van der Waals surface area (Å²) in [4.78, 5) is 26.0. The number of fused-ring (bicyclic) bond motifs is 2. The number of carbonyl (C=O) groups excluding carboxylic acids is 2. The number of rotatable bonds is 2. The van der Waals surface area contributed by atoms with Crippen LogP contribution in [0, 0.1) is 5.82 Å². The Labute approximate surface area is 151 Å². The molecule has 26 heavy (non-hydrogen) atoms. The summed E-state index contributed by atoms with van der Waals surface area (Å²) in [6.45, 7) is 1.38. The molecule has 6 heteroatoms. The molecule has 2 N–H and O–H groups in total. The summed E-state index contributed by atoms with van der Waals surface area (Å²) in [5.41, 5.74) is 4.06. The fourth-order valence-electron chi connectivity index (χ4n) is 3.62. The van der Waals surface area contributed by atoms with E-state index in [1.54, 1.807) is 36.2 Å². The van der Waals surface area contributed by atoms with Gasteiger partial charge in [-0.1, -0.05) is 6.07 Å². The lowest BCUT2D eigenvalue weighted by Gasteiger charge is -2.26. The Balaban J connectivity index is 1.59. The van der Waals surface area contributed by atoms with E-state index in [1.807, 2.05) is 6.07 Å². The lowest BCUT2D eigenvalue weighted by atomic mass is 9.98. The summed E-state index contributed by atoms with van der Waals surface area (Å²) in [5.74, 6) is -0.624. The van der Waals surface area contributed by atoms with Crippen molar-refractivity contribution in [3.8, 4) is 0 Å². The molecule has 0 saturated carbocycles. The van der Waals surface area contributed by atoms with Crippen LogP contribution >= 0.6 is 0 Å². The Bertz CT molecular complexity index is 910. The predicted octanol–water partition coefficient (Wildman–Crippen LogP) is 2.63. The number of nitrogens with zero attached hydrogens (tertiary/aromatic N) is 1. The molecule has 134 valence electrons. The van der Waals surface area contributed by atoms with Gasteiger partial charge in [-0.25, -0.2) is 4.39 Å². The summed E-state index contributed by atoms with van der Waals surface area (Å²) in [7, 11) is 1.73. The Morgan fingerprint density at radius 1 is 1.15 bits per heavy atom. The zero-order chi connectivity index (χ0) is 18.3. The second kappa shape index (κ2) is 6.53. The lowest BCUT2D eigenvalue weighted by molar-refractivity contribution is -0.118. The van der Waals surface area contributed by atoms with Crippen LogP contribution in [0.15, 0.2) is 30.3 Å². The third-order valence-electron chi connectivity index (χ3n) is 5.14. The first-order valence-corrected chi connectivity index (χ1v) is 8.76. The van der Waals surface area contributed by atoms with Gasteiger partial charge in [0.1, 0.15) is 5.82 Å². The molecule has 0 fully saturated rings. The number of hydrogen-bond donors (Lipinski definition) is 2. The zero-order valence-electron chi connectivity index (χ0n) is 14.6. The molecule has 0 bridgehead atoms. The maximum Gasteiger partial charge on any atom is 0.255 e. The minimum atomic E-state index is -0.347. The first kappa shape index (κ1) is 16.7. The lowest BCUT2D eigenvalue weighted by Crippen LogP contribution is -2.31. The van der Waals surface area contributed by atoms with Crippen molar-refractivity contribution < 1.29 is 14.0 Å². The fraction of sp³-hybridized carbons (Fsp3) is 0.300. The molecule has 5 nitrogen and oxygen atoms in total. The van der Waals surface area contributed by atoms with E-state index >= 15 is 0 Å². The van der Waals surface area contributed by atoms with Crippen molar-refractivity contribution in [3.05, 3.63) is 58.4 Å². The van der Waals surface area contributed by atoms with Gasteiger partial charge in [-0.3, -0.25) is 9.59 Å². The van der Waals surface area contributed by atoms with E-state index in [2.05, 4.69) is 10.6 Å². The molecule has 2 aromatic rings. The van der Waals surface area contributed by atoms with Crippen molar-refractivity contribution in [3.63, 3.8) is 0 Å². The number of aryl methyl sites for hydroxylation is 1. The second-order valence-electron chi connectivity index (χ2n) is 6.74. The van der Waals surface area contributed by atoms with Crippen LogP contribution in [0.4, 0.5) is 15.8 Å². The molecule has 0 unspecified atom stereocenters. The summed E-state index contributed by atoms with van der Waals surface area (Å²) < 4.78 is 14.7. The highest BCUT2D eigenvalue weighted by molar-refractivity contribution is 6.05. The fourth-order valence-corrected chi connectivity index (χ4v) is 3.62. The molecule has 2 aliphatic heterocycles. The minimum absolute atomic E-state index is 0.0697. The largest absolute Gasteiger partial charge is 0.319 e. The van der Waals surface area contributed by atoms with E-state index in [4.69, 9.17) is 0 Å². The Hall–Kier alpha value is -2.73. The van der Waals surface area contributed by atoms with Gasteiger partial charge in [-0.15, -0.1) is 0 Å². The van der Waals surface area contributed by atoms with Gasteiger partial charge in [0.05, 0.1) is 5.69 Å². The minimum Gasteiger partial charge on any atom is -0.319 e. The molecular weight excluding hydrogens is 333 g/mol. The zero-order valence-corrected chi connectivity index (χ0v) is 14.6. The first-order chi connectivity index (χ1) is 12.5. The molecule has 2 aromatic carbocycles. The molecule has 2 heterocycles. The molecular formula is C20H20FN3O2. The van der Waals surface area contributed by atoms with Crippen LogP contribution in [0.5, 0.6) is 0 Å². The van der Waals surface area contributed by atoms with Gasteiger partial charge in [-0.05, 0) is 60.3 Å². The second-order valence-corrected chi connectivity index (χ2v) is 6.74. The van der Waals surface area contributed by atoms with E-state index in [1.165, 1.54) is 0 Å². The summed E-state index contributed by atoms with van der Waals surface area (Å²) in [6, 6.07) is 8.70. The number of halogens is 1. The first-order valence-electron chi connectivity index (χ1n) is 8.76. The van der Waals surface area contributed by atoms with Gasteiger partial charge in [0.25, 0.3) is 5.91 Å². The number of hydrogen-bond acceptors (Lipinski definition) is 3. The van der Waals surface area contributed by atoms with Gasteiger partial charge in [0.15, 0.2) is 0 Å². The van der Waals surface area contributed by atoms with Crippen LogP contribution in [0.2, 0.25) is 0 Å². The van der Waals surface area contributed by atoms with Crippen LogP contribution in [0.25, 0.3) is 0 Å². The third-order valence-corrected chi connectivity index (χ3v) is 5.14. The van der Waals surface area contributed by atoms with E-state index < -0.39 is 0 Å². The number of amides is 2. The molecule has 0 spiro atoms. The normalized spacial score (nSPS) is 16.1. The Kier molecular flexibility index (Phi) is 4.20. The van der Waals surface area contributed by atoms with Gasteiger partial charge in [0, 0.05) is 31.3 Å². The highest BCUT2D eigenvalue weighted by Gasteiger charge is 2.22. The van der Waals surface area contributed by atoms with Crippen LogP contribution < -0.4 is 15.5 Å².